The molecule has 6 rings (SSSR count). The van der Waals surface area contributed by atoms with Crippen LogP contribution in [0.15, 0.2) is 30.6 Å². The van der Waals surface area contributed by atoms with E-state index in [9.17, 15) is 4.79 Å². The van der Waals surface area contributed by atoms with Gasteiger partial charge in [0.25, 0.3) is 0 Å². The molecule has 1 amide bonds. The number of carbonyl (C=O) groups excluding carboxylic acids is 1. The Balaban J connectivity index is 1.32. The van der Waals surface area contributed by atoms with Crippen LogP contribution in [0.4, 0.5) is 21.7 Å². The summed E-state index contributed by atoms with van der Waals surface area (Å²) in [6.45, 7) is 7.09. The lowest BCUT2D eigenvalue weighted by molar-refractivity contribution is -0.133. The molecule has 2 aliphatic heterocycles. The number of amides is 1. The number of hydrogen-bond donors (Lipinski definition) is 3. The maximum Gasteiger partial charge on any atom is 0.244 e. The first-order chi connectivity index (χ1) is 17.4. The monoisotopic (exact) mass is 489 g/mol. The number of nitrogens with zero attached hydrogens (tertiary/aromatic N) is 6. The fraction of sp³-hybridized carbons (Fsp3) is 0.360. The van der Waals surface area contributed by atoms with E-state index in [1.165, 1.54) is 0 Å². The van der Waals surface area contributed by atoms with Gasteiger partial charge in [0, 0.05) is 61.0 Å². The van der Waals surface area contributed by atoms with Gasteiger partial charge in [0.1, 0.15) is 18.2 Å². The molecule has 3 aromatic heterocycles. The van der Waals surface area contributed by atoms with Gasteiger partial charge in [-0.3, -0.25) is 9.48 Å². The van der Waals surface area contributed by atoms with Crippen LogP contribution in [0.2, 0.25) is 0 Å². The van der Waals surface area contributed by atoms with E-state index in [0.29, 0.717) is 47.9 Å². The normalized spacial score (nSPS) is 15.8. The molecule has 0 aliphatic carbocycles. The molecule has 186 valence electrons. The van der Waals surface area contributed by atoms with Crippen LogP contribution in [0.1, 0.15) is 25.4 Å². The van der Waals surface area contributed by atoms with Gasteiger partial charge < -0.3 is 25.8 Å². The Bertz CT molecular complexity index is 1490. The zero-order valence-corrected chi connectivity index (χ0v) is 20.3. The van der Waals surface area contributed by atoms with Crippen molar-refractivity contribution in [2.75, 3.05) is 24.1 Å². The average Bonchev–Trinajstić information content (AvgIpc) is 3.41. The van der Waals surface area contributed by atoms with Crippen molar-refractivity contribution < 1.29 is 9.18 Å². The highest BCUT2D eigenvalue weighted by molar-refractivity contribution is 5.97. The second-order valence-electron chi connectivity index (χ2n) is 9.56. The Labute approximate surface area is 207 Å². The van der Waals surface area contributed by atoms with Crippen LogP contribution in [0.3, 0.4) is 0 Å². The molecule has 0 bridgehead atoms. The predicted molar refractivity (Wildman–Crippen MR) is 135 cm³/mol. The summed E-state index contributed by atoms with van der Waals surface area (Å²) < 4.78 is 19.1. The highest BCUT2D eigenvalue weighted by Crippen LogP contribution is 2.35. The minimum Gasteiger partial charge on any atom is -0.396 e. The van der Waals surface area contributed by atoms with E-state index >= 15 is 4.39 Å². The van der Waals surface area contributed by atoms with Gasteiger partial charge in [-0.1, -0.05) is 0 Å². The molecular formula is C25H28FN9O. The fourth-order valence-electron chi connectivity index (χ4n) is 5.07. The molecule has 0 unspecified atom stereocenters. The number of anilines is 3. The minimum absolute atomic E-state index is 0.0603. The lowest BCUT2D eigenvalue weighted by Crippen LogP contribution is -2.38. The molecule has 36 heavy (non-hydrogen) atoms. The summed E-state index contributed by atoms with van der Waals surface area (Å²) in [6.07, 6.45) is 4.00. The standard InChI is InChI=1S/C25H28FN9O/c1-14(2)33-5-3-16-9-21(32-35(16)13-23(33)36)31-20-8-15-7-17(24(26)25(27)18(15)10-29-20)19-11-30-22-12-28-4-6-34(19)22/h7-11,14,28H,3-6,12-13,27H2,1-2H3,(H,29,31,32). The summed E-state index contributed by atoms with van der Waals surface area (Å²) in [6, 6.07) is 5.73. The molecule has 0 radical (unpaired) electrons. The first-order valence-corrected chi connectivity index (χ1v) is 12.2. The van der Waals surface area contributed by atoms with Crippen molar-refractivity contribution >= 4 is 34.0 Å². The number of aromatic nitrogens is 5. The Morgan fingerprint density at radius 2 is 2.00 bits per heavy atom. The van der Waals surface area contributed by atoms with Crippen molar-refractivity contribution in [1.29, 1.82) is 0 Å². The number of halogens is 1. The van der Waals surface area contributed by atoms with Crippen molar-refractivity contribution in [3.63, 3.8) is 0 Å². The third-order valence-electron chi connectivity index (χ3n) is 6.97. The summed E-state index contributed by atoms with van der Waals surface area (Å²) in [4.78, 5) is 23.3. The van der Waals surface area contributed by atoms with E-state index in [0.717, 1.165) is 29.9 Å². The lowest BCUT2D eigenvalue weighted by atomic mass is 10.0. The van der Waals surface area contributed by atoms with E-state index in [4.69, 9.17) is 5.73 Å². The molecule has 0 saturated heterocycles. The molecular weight excluding hydrogens is 461 g/mol. The number of rotatable bonds is 4. The summed E-state index contributed by atoms with van der Waals surface area (Å²) >= 11 is 0. The van der Waals surface area contributed by atoms with Crippen LogP contribution in [0, 0.1) is 5.82 Å². The molecule has 0 atom stereocenters. The number of fused-ring (bicyclic) bond motifs is 3. The van der Waals surface area contributed by atoms with Gasteiger partial charge in [-0.05, 0) is 31.4 Å². The zero-order valence-electron chi connectivity index (χ0n) is 20.3. The van der Waals surface area contributed by atoms with E-state index in [1.54, 1.807) is 23.1 Å². The number of benzene rings is 1. The molecule has 11 heteroatoms. The largest absolute Gasteiger partial charge is 0.396 e. The highest BCUT2D eigenvalue weighted by Gasteiger charge is 2.24. The number of imidazole rings is 1. The van der Waals surface area contributed by atoms with Gasteiger partial charge in [0.15, 0.2) is 11.6 Å². The van der Waals surface area contributed by atoms with Crippen molar-refractivity contribution in [3.05, 3.63) is 47.9 Å². The quantitative estimate of drug-likeness (QED) is 0.377. The molecule has 0 saturated carbocycles. The molecule has 4 N–H and O–H groups in total. The van der Waals surface area contributed by atoms with Gasteiger partial charge in [0.05, 0.1) is 24.1 Å². The first kappa shape index (κ1) is 22.5. The summed E-state index contributed by atoms with van der Waals surface area (Å²) in [5.41, 5.74) is 8.38. The highest BCUT2D eigenvalue weighted by atomic mass is 19.1. The number of pyridine rings is 1. The lowest BCUT2D eigenvalue weighted by Gasteiger charge is -2.24. The van der Waals surface area contributed by atoms with Crippen LogP contribution in [0.5, 0.6) is 0 Å². The minimum atomic E-state index is -0.468. The number of hydrogen-bond acceptors (Lipinski definition) is 7. The first-order valence-electron chi connectivity index (χ1n) is 12.2. The molecule has 1 aromatic carbocycles. The fourth-order valence-corrected chi connectivity index (χ4v) is 5.07. The van der Waals surface area contributed by atoms with Gasteiger partial charge in [0.2, 0.25) is 5.91 Å². The third kappa shape index (κ3) is 3.76. The Hall–Kier alpha value is -3.99. The van der Waals surface area contributed by atoms with Crippen molar-refractivity contribution in [3.8, 4) is 11.3 Å². The Kier molecular flexibility index (Phi) is 5.36. The molecule has 5 heterocycles. The van der Waals surface area contributed by atoms with Crippen molar-refractivity contribution in [1.82, 2.24) is 34.5 Å². The number of nitrogens with two attached hydrogens (primary N) is 1. The van der Waals surface area contributed by atoms with Crippen LogP contribution >= 0.6 is 0 Å². The summed E-state index contributed by atoms with van der Waals surface area (Å²) in [5.74, 6) is 1.63. The van der Waals surface area contributed by atoms with E-state index in [2.05, 4.69) is 25.7 Å². The molecule has 0 fully saturated rings. The molecule has 4 aromatic rings. The van der Waals surface area contributed by atoms with E-state index in [-0.39, 0.29) is 24.2 Å². The van der Waals surface area contributed by atoms with Gasteiger partial charge in [-0.2, -0.15) is 5.10 Å². The maximum absolute atomic E-state index is 15.3. The number of nitrogens with one attached hydrogen (secondary N) is 2. The van der Waals surface area contributed by atoms with Gasteiger partial charge >= 0.3 is 0 Å². The van der Waals surface area contributed by atoms with Crippen molar-refractivity contribution in [2.24, 2.45) is 0 Å². The SMILES string of the molecule is CC(C)N1CCc2cc(Nc3cc4cc(-c5cnc6n5CCNC6)c(F)c(N)c4cn3)nn2CC1=O. The van der Waals surface area contributed by atoms with Crippen molar-refractivity contribution in [2.45, 2.75) is 45.9 Å². The van der Waals surface area contributed by atoms with Crippen LogP contribution in [-0.4, -0.2) is 54.3 Å². The van der Waals surface area contributed by atoms with Gasteiger partial charge in [-0.25, -0.2) is 14.4 Å². The smallest absolute Gasteiger partial charge is 0.244 e. The average molecular weight is 490 g/mol. The van der Waals surface area contributed by atoms with Crippen LogP contribution in [-0.2, 0) is 30.8 Å². The summed E-state index contributed by atoms with van der Waals surface area (Å²) in [5, 5.41) is 12.4. The maximum atomic E-state index is 15.3. The second-order valence-corrected chi connectivity index (χ2v) is 9.56. The second kappa shape index (κ2) is 8.59. The zero-order chi connectivity index (χ0) is 25.0. The molecule has 2 aliphatic rings. The third-order valence-corrected chi connectivity index (χ3v) is 6.97. The molecule has 10 nitrogen and oxygen atoms in total. The Morgan fingerprint density at radius 3 is 2.83 bits per heavy atom. The summed E-state index contributed by atoms with van der Waals surface area (Å²) in [7, 11) is 0. The predicted octanol–water partition coefficient (Wildman–Crippen LogP) is 2.66. The van der Waals surface area contributed by atoms with E-state index in [1.807, 2.05) is 35.4 Å². The Morgan fingerprint density at radius 1 is 1.14 bits per heavy atom. The topological polar surface area (TPSA) is 119 Å². The van der Waals surface area contributed by atoms with E-state index < -0.39 is 5.82 Å². The van der Waals surface area contributed by atoms with Gasteiger partial charge in [-0.15, -0.1) is 0 Å². The van der Waals surface area contributed by atoms with Crippen LogP contribution < -0.4 is 16.4 Å². The number of nitrogen functional groups attached to an aromatic ring is 1. The molecule has 0 spiro atoms. The van der Waals surface area contributed by atoms with Crippen LogP contribution in [0.25, 0.3) is 22.0 Å². The number of carbonyl (C=O) groups is 1.